The molecule has 0 aliphatic heterocycles. The highest BCUT2D eigenvalue weighted by atomic mass is 79.9. The molecule has 1 heterocycles. The van der Waals surface area contributed by atoms with E-state index in [0.29, 0.717) is 6.42 Å². The lowest BCUT2D eigenvalue weighted by atomic mass is 10.0. The minimum absolute atomic E-state index is 0.00659. The second-order valence-corrected chi connectivity index (χ2v) is 8.78. The van der Waals surface area contributed by atoms with E-state index in [1.807, 2.05) is 31.2 Å². The van der Waals surface area contributed by atoms with E-state index in [9.17, 15) is 18.0 Å². The lowest BCUT2D eigenvalue weighted by Crippen LogP contribution is -2.29. The summed E-state index contributed by atoms with van der Waals surface area (Å²) in [4.78, 5) is 24.7. The lowest BCUT2D eigenvalue weighted by Gasteiger charge is -2.14. The summed E-state index contributed by atoms with van der Waals surface area (Å²) >= 11 is 3.44. The fourth-order valence-corrected chi connectivity index (χ4v) is 4.86. The monoisotopic (exact) mass is 414 g/mol. The van der Waals surface area contributed by atoms with Gasteiger partial charge in [-0.05, 0) is 24.0 Å². The highest BCUT2D eigenvalue weighted by molar-refractivity contribution is 9.10. The van der Waals surface area contributed by atoms with Crippen LogP contribution >= 0.6 is 15.9 Å². The van der Waals surface area contributed by atoms with Gasteiger partial charge in [-0.2, -0.15) is 0 Å². The van der Waals surface area contributed by atoms with E-state index in [1.165, 1.54) is 16.8 Å². The van der Waals surface area contributed by atoms with Crippen LogP contribution in [0.5, 0.6) is 0 Å². The van der Waals surface area contributed by atoms with Gasteiger partial charge in [0.25, 0.3) is 5.56 Å². The van der Waals surface area contributed by atoms with Crippen molar-refractivity contribution < 1.29 is 8.42 Å². The number of aromatic nitrogens is 2. The van der Waals surface area contributed by atoms with Crippen LogP contribution in [-0.2, 0) is 16.4 Å². The molecule has 1 aromatic carbocycles. The van der Waals surface area contributed by atoms with Crippen molar-refractivity contribution in [3.8, 4) is 0 Å². The van der Waals surface area contributed by atoms with Gasteiger partial charge >= 0.3 is 5.69 Å². The van der Waals surface area contributed by atoms with Gasteiger partial charge in [-0.15, -0.1) is 0 Å². The molecule has 0 spiro atoms. The van der Waals surface area contributed by atoms with Crippen LogP contribution in [0.2, 0.25) is 0 Å². The highest BCUT2D eigenvalue weighted by Gasteiger charge is 2.18. The van der Waals surface area contributed by atoms with Crippen molar-refractivity contribution in [2.24, 2.45) is 0 Å². The minimum Gasteiger partial charge on any atom is -0.301 e. The van der Waals surface area contributed by atoms with Crippen LogP contribution in [0.25, 0.3) is 0 Å². The van der Waals surface area contributed by atoms with Gasteiger partial charge < -0.3 is 4.57 Å². The summed E-state index contributed by atoms with van der Waals surface area (Å²) in [6.07, 6.45) is 1.69. The zero-order chi connectivity index (χ0) is 17.7. The number of benzene rings is 1. The van der Waals surface area contributed by atoms with Crippen LogP contribution in [0, 0.1) is 0 Å². The summed E-state index contributed by atoms with van der Waals surface area (Å²) in [5.41, 5.74) is -0.0365. The Hall–Kier alpha value is -1.67. The molecule has 6 nitrogen and oxygen atoms in total. The maximum Gasteiger partial charge on any atom is 0.328 e. The molecule has 1 N–H and O–H groups in total. The highest BCUT2D eigenvalue weighted by Crippen LogP contribution is 2.25. The van der Waals surface area contributed by atoms with Crippen LogP contribution in [0.15, 0.2) is 50.6 Å². The smallest absolute Gasteiger partial charge is 0.301 e. The van der Waals surface area contributed by atoms with Gasteiger partial charge in [-0.3, -0.25) is 9.78 Å². The van der Waals surface area contributed by atoms with Gasteiger partial charge in [0.1, 0.15) is 0 Å². The molecular weight excluding hydrogens is 396 g/mol. The van der Waals surface area contributed by atoms with Crippen molar-refractivity contribution in [3.63, 3.8) is 0 Å². The Morgan fingerprint density at radius 1 is 1.21 bits per heavy atom. The van der Waals surface area contributed by atoms with Crippen molar-refractivity contribution in [2.45, 2.75) is 25.8 Å². The first-order valence-electron chi connectivity index (χ1n) is 7.53. The number of aryl methyl sites for hydroxylation is 1. The summed E-state index contributed by atoms with van der Waals surface area (Å²) in [5.74, 6) is -0.0786. The number of sulfone groups is 1. The molecule has 0 saturated carbocycles. The zero-order valence-corrected chi connectivity index (χ0v) is 15.6. The molecule has 1 atom stereocenters. The molecule has 0 aliphatic carbocycles. The molecule has 24 heavy (non-hydrogen) atoms. The van der Waals surface area contributed by atoms with E-state index >= 15 is 0 Å². The van der Waals surface area contributed by atoms with Gasteiger partial charge in [0.05, 0.1) is 11.5 Å². The topological polar surface area (TPSA) is 89.0 Å². The number of aromatic amines is 1. The first-order valence-corrected chi connectivity index (χ1v) is 10.1. The van der Waals surface area contributed by atoms with Crippen molar-refractivity contribution in [1.82, 2.24) is 9.55 Å². The molecule has 130 valence electrons. The maximum absolute atomic E-state index is 12.3. The van der Waals surface area contributed by atoms with Crippen LogP contribution in [0.1, 0.15) is 24.8 Å². The number of hydrogen-bond donors (Lipinski definition) is 1. The van der Waals surface area contributed by atoms with Crippen LogP contribution in [0.4, 0.5) is 0 Å². The summed E-state index contributed by atoms with van der Waals surface area (Å²) in [7, 11) is -3.25. The Bertz CT molecular complexity index is 918. The molecule has 0 bridgehead atoms. The van der Waals surface area contributed by atoms with Crippen molar-refractivity contribution in [2.75, 3.05) is 11.5 Å². The average molecular weight is 415 g/mol. The van der Waals surface area contributed by atoms with Crippen molar-refractivity contribution in [1.29, 1.82) is 0 Å². The third-order valence-corrected chi connectivity index (χ3v) is 6.33. The molecule has 2 aromatic rings. The zero-order valence-electron chi connectivity index (χ0n) is 13.2. The van der Waals surface area contributed by atoms with Gasteiger partial charge in [-0.25, -0.2) is 13.2 Å². The van der Waals surface area contributed by atoms with Crippen molar-refractivity contribution >= 4 is 25.8 Å². The van der Waals surface area contributed by atoms with E-state index < -0.39 is 21.1 Å². The molecule has 0 aliphatic rings. The fraction of sp³-hybridized carbons (Fsp3) is 0.375. The second-order valence-electron chi connectivity index (χ2n) is 5.69. The normalized spacial score (nSPS) is 12.9. The van der Waals surface area contributed by atoms with Crippen molar-refractivity contribution in [3.05, 3.63) is 67.4 Å². The molecule has 8 heteroatoms. The van der Waals surface area contributed by atoms with Crippen LogP contribution in [0.3, 0.4) is 0 Å². The lowest BCUT2D eigenvalue weighted by molar-refractivity contribution is 0.576. The number of H-pyrrole nitrogens is 1. The Morgan fingerprint density at radius 3 is 2.58 bits per heavy atom. The first-order chi connectivity index (χ1) is 11.3. The van der Waals surface area contributed by atoms with E-state index in [0.717, 1.165) is 10.0 Å². The Kier molecular flexibility index (Phi) is 6.17. The minimum atomic E-state index is -3.25. The van der Waals surface area contributed by atoms with Gasteiger partial charge in [0, 0.05) is 23.3 Å². The first kappa shape index (κ1) is 18.7. The molecule has 2 rings (SSSR count). The predicted molar refractivity (Wildman–Crippen MR) is 97.2 cm³/mol. The fourth-order valence-electron chi connectivity index (χ4n) is 2.50. The van der Waals surface area contributed by atoms with E-state index in [-0.39, 0.29) is 24.0 Å². The molecule has 0 fully saturated rings. The number of nitrogens with zero attached hydrogens (tertiary/aromatic N) is 1. The SMILES string of the molecule is C[C@@H](CS(=O)(=O)CCCn1ccc(=O)[nH]c1=O)c1ccccc1Br. The molecule has 0 radical (unpaired) electrons. The summed E-state index contributed by atoms with van der Waals surface area (Å²) < 4.78 is 26.8. The van der Waals surface area contributed by atoms with Gasteiger partial charge in [-0.1, -0.05) is 41.1 Å². The van der Waals surface area contributed by atoms with E-state index in [4.69, 9.17) is 0 Å². The van der Waals surface area contributed by atoms with E-state index in [2.05, 4.69) is 20.9 Å². The summed E-state index contributed by atoms with van der Waals surface area (Å²) in [5, 5.41) is 0. The third kappa shape index (κ3) is 5.17. The van der Waals surface area contributed by atoms with Gasteiger partial charge in [0.2, 0.25) is 0 Å². The Balaban J connectivity index is 1.95. The number of rotatable bonds is 7. The van der Waals surface area contributed by atoms with E-state index in [1.54, 1.807) is 0 Å². The Labute approximate surface area is 148 Å². The number of nitrogens with one attached hydrogen (secondary N) is 1. The second kappa shape index (κ2) is 7.94. The van der Waals surface area contributed by atoms with Crippen LogP contribution < -0.4 is 11.2 Å². The van der Waals surface area contributed by atoms with Gasteiger partial charge in [0.15, 0.2) is 9.84 Å². The standard InChI is InChI=1S/C16H19BrN2O4S/c1-12(13-5-2-3-6-14(13)17)11-24(22,23)10-4-8-19-9-7-15(20)18-16(19)21/h2-3,5-7,9,12H,4,8,10-11H2,1H3,(H,18,20,21)/t12-/m0/s1. The predicted octanol–water partition coefficient (Wildman–Crippen LogP) is 1.91. The largest absolute Gasteiger partial charge is 0.328 e. The summed E-state index contributed by atoms with van der Waals surface area (Å²) in [6.45, 7) is 2.13. The maximum atomic E-state index is 12.3. The molecule has 0 unspecified atom stereocenters. The molecule has 0 saturated heterocycles. The van der Waals surface area contributed by atoms with Crippen LogP contribution in [-0.4, -0.2) is 29.5 Å². The average Bonchev–Trinajstić information content (AvgIpc) is 2.49. The molecular formula is C16H19BrN2O4S. The Morgan fingerprint density at radius 2 is 1.92 bits per heavy atom. The third-order valence-electron chi connectivity index (χ3n) is 3.69. The number of hydrogen-bond acceptors (Lipinski definition) is 4. The number of halogens is 1. The quantitative estimate of drug-likeness (QED) is 0.748. The summed E-state index contributed by atoms with van der Waals surface area (Å²) in [6, 6.07) is 8.80. The molecule has 1 aromatic heterocycles. The molecule has 0 amide bonds.